The number of aryl methyl sites for hydroxylation is 1. The van der Waals surface area contributed by atoms with Crippen LogP contribution in [-0.4, -0.2) is 35.5 Å². The molecule has 1 saturated heterocycles. The number of thiazole rings is 1. The molecule has 0 radical (unpaired) electrons. The van der Waals surface area contributed by atoms with Crippen molar-refractivity contribution >= 4 is 17.2 Å². The van der Waals surface area contributed by atoms with Crippen molar-refractivity contribution in [1.82, 2.24) is 9.88 Å². The van der Waals surface area contributed by atoms with E-state index in [1.807, 2.05) is 47.5 Å². The molecule has 0 aliphatic carbocycles. The summed E-state index contributed by atoms with van der Waals surface area (Å²) < 4.78 is 5.77. The van der Waals surface area contributed by atoms with Crippen molar-refractivity contribution in [3.63, 3.8) is 0 Å². The van der Waals surface area contributed by atoms with E-state index < -0.39 is 0 Å². The van der Waals surface area contributed by atoms with Gasteiger partial charge in [-0.05, 0) is 12.5 Å². The van der Waals surface area contributed by atoms with Crippen LogP contribution in [0.1, 0.15) is 27.2 Å². The Morgan fingerprint density at radius 2 is 2.20 bits per heavy atom. The zero-order chi connectivity index (χ0) is 13.9. The minimum Gasteiger partial charge on any atom is -0.370 e. The van der Waals surface area contributed by atoms with Gasteiger partial charge in [0, 0.05) is 11.9 Å². The number of morpholine rings is 1. The predicted octanol–water partition coefficient (Wildman–Crippen LogP) is 2.67. The first-order chi connectivity index (χ1) is 9.74. The quantitative estimate of drug-likeness (QED) is 0.853. The number of aromatic nitrogens is 1. The van der Waals surface area contributed by atoms with Crippen LogP contribution in [0.5, 0.6) is 0 Å². The molecule has 2 heterocycles. The molecule has 0 saturated carbocycles. The fraction of sp³-hybridized carbons (Fsp3) is 0.333. The molecule has 0 spiro atoms. The Labute approximate surface area is 122 Å². The van der Waals surface area contributed by atoms with E-state index in [9.17, 15) is 4.79 Å². The Bertz CT molecular complexity index is 597. The summed E-state index contributed by atoms with van der Waals surface area (Å²) in [4.78, 5) is 18.5. The van der Waals surface area contributed by atoms with Crippen molar-refractivity contribution in [3.05, 3.63) is 52.0 Å². The topological polar surface area (TPSA) is 42.4 Å². The fourth-order valence-electron chi connectivity index (χ4n) is 2.33. The molecule has 1 aliphatic heterocycles. The van der Waals surface area contributed by atoms with Gasteiger partial charge in [-0.25, -0.2) is 4.98 Å². The third-order valence-electron chi connectivity index (χ3n) is 3.36. The van der Waals surface area contributed by atoms with Crippen LogP contribution in [0, 0.1) is 6.92 Å². The number of nitrogens with zero attached hydrogens (tertiary/aromatic N) is 2. The third kappa shape index (κ3) is 2.73. The highest BCUT2D eigenvalue weighted by molar-refractivity contribution is 7.09. The van der Waals surface area contributed by atoms with Gasteiger partial charge in [-0.15, -0.1) is 11.3 Å². The van der Waals surface area contributed by atoms with Gasteiger partial charge in [0.25, 0.3) is 5.91 Å². The maximum absolute atomic E-state index is 12.4. The zero-order valence-corrected chi connectivity index (χ0v) is 12.1. The molecule has 3 rings (SSSR count). The molecule has 1 amide bonds. The highest BCUT2D eigenvalue weighted by Gasteiger charge is 2.27. The standard InChI is InChI=1S/C15H16N2O2S/c1-11-16-13(10-20-11)15(18)17-7-8-19-14(9-17)12-5-3-2-4-6-12/h2-6,10,14H,7-9H2,1H3/t14-/m0/s1. The number of hydrogen-bond acceptors (Lipinski definition) is 4. The van der Waals surface area contributed by atoms with Gasteiger partial charge in [-0.1, -0.05) is 30.3 Å². The van der Waals surface area contributed by atoms with Gasteiger partial charge in [0.05, 0.1) is 18.2 Å². The lowest BCUT2D eigenvalue weighted by Gasteiger charge is -2.32. The molecule has 104 valence electrons. The monoisotopic (exact) mass is 288 g/mol. The first-order valence-electron chi connectivity index (χ1n) is 6.62. The van der Waals surface area contributed by atoms with Gasteiger partial charge >= 0.3 is 0 Å². The second kappa shape index (κ2) is 5.73. The molecule has 0 unspecified atom stereocenters. The average Bonchev–Trinajstić information content (AvgIpc) is 2.94. The summed E-state index contributed by atoms with van der Waals surface area (Å²) >= 11 is 1.50. The van der Waals surface area contributed by atoms with E-state index >= 15 is 0 Å². The van der Waals surface area contributed by atoms with Gasteiger partial charge in [0.15, 0.2) is 0 Å². The lowest BCUT2D eigenvalue weighted by atomic mass is 10.1. The van der Waals surface area contributed by atoms with Crippen molar-refractivity contribution in [3.8, 4) is 0 Å². The van der Waals surface area contributed by atoms with Crippen LogP contribution in [0.4, 0.5) is 0 Å². The van der Waals surface area contributed by atoms with Crippen molar-refractivity contribution < 1.29 is 9.53 Å². The fourth-order valence-corrected chi connectivity index (χ4v) is 2.91. The molecule has 5 heteroatoms. The molecule has 0 bridgehead atoms. The predicted molar refractivity (Wildman–Crippen MR) is 77.9 cm³/mol. The largest absolute Gasteiger partial charge is 0.370 e. The molecular weight excluding hydrogens is 272 g/mol. The summed E-state index contributed by atoms with van der Waals surface area (Å²) in [6, 6.07) is 10.0. The lowest BCUT2D eigenvalue weighted by molar-refractivity contribution is -0.0229. The Kier molecular flexibility index (Phi) is 3.80. The normalized spacial score (nSPS) is 19.1. The van der Waals surface area contributed by atoms with Crippen molar-refractivity contribution in [1.29, 1.82) is 0 Å². The van der Waals surface area contributed by atoms with Crippen LogP contribution in [-0.2, 0) is 4.74 Å². The van der Waals surface area contributed by atoms with Crippen molar-refractivity contribution in [2.24, 2.45) is 0 Å². The second-order valence-electron chi connectivity index (χ2n) is 4.77. The molecule has 1 aromatic heterocycles. The van der Waals surface area contributed by atoms with Crippen molar-refractivity contribution in [2.75, 3.05) is 19.7 Å². The Hall–Kier alpha value is -1.72. The highest BCUT2D eigenvalue weighted by Crippen LogP contribution is 2.23. The number of hydrogen-bond donors (Lipinski definition) is 0. The molecule has 2 aromatic rings. The smallest absolute Gasteiger partial charge is 0.273 e. The molecule has 0 N–H and O–H groups in total. The van der Waals surface area contributed by atoms with Crippen LogP contribution in [0.15, 0.2) is 35.7 Å². The number of carbonyl (C=O) groups excluding carboxylic acids is 1. The third-order valence-corrected chi connectivity index (χ3v) is 4.14. The molecular formula is C15H16N2O2S. The van der Waals surface area contributed by atoms with Crippen LogP contribution in [0.3, 0.4) is 0 Å². The van der Waals surface area contributed by atoms with Gasteiger partial charge in [-0.3, -0.25) is 4.79 Å². The SMILES string of the molecule is Cc1nc(C(=O)N2CCO[C@H](c3ccccc3)C2)cs1. The van der Waals surface area contributed by atoms with Gasteiger partial charge in [0.1, 0.15) is 11.8 Å². The van der Waals surface area contributed by atoms with Crippen LogP contribution in [0.2, 0.25) is 0 Å². The minimum absolute atomic E-state index is 0.00131. The Balaban J connectivity index is 1.74. The summed E-state index contributed by atoms with van der Waals surface area (Å²) in [7, 11) is 0. The maximum atomic E-state index is 12.4. The van der Waals surface area contributed by atoms with E-state index in [4.69, 9.17) is 4.74 Å². The summed E-state index contributed by atoms with van der Waals surface area (Å²) in [5.74, 6) is -0.00131. The first kappa shape index (κ1) is 13.3. The number of ether oxygens (including phenoxy) is 1. The van der Waals surface area contributed by atoms with E-state index in [0.717, 1.165) is 10.6 Å². The lowest BCUT2D eigenvalue weighted by Crippen LogP contribution is -2.42. The van der Waals surface area contributed by atoms with Gasteiger partial charge < -0.3 is 9.64 Å². The van der Waals surface area contributed by atoms with E-state index in [2.05, 4.69) is 4.98 Å². The molecule has 4 nitrogen and oxygen atoms in total. The van der Waals surface area contributed by atoms with Crippen LogP contribution in [0.25, 0.3) is 0 Å². The van der Waals surface area contributed by atoms with Crippen LogP contribution >= 0.6 is 11.3 Å². The van der Waals surface area contributed by atoms with Crippen LogP contribution < -0.4 is 0 Å². The molecule has 1 fully saturated rings. The van der Waals surface area contributed by atoms with Crippen molar-refractivity contribution in [2.45, 2.75) is 13.0 Å². The number of carbonyl (C=O) groups is 1. The summed E-state index contributed by atoms with van der Waals surface area (Å²) in [5.41, 5.74) is 1.65. The van der Waals surface area contributed by atoms with E-state index in [1.54, 1.807) is 0 Å². The number of rotatable bonds is 2. The van der Waals surface area contributed by atoms with Gasteiger partial charge in [-0.2, -0.15) is 0 Å². The molecule has 20 heavy (non-hydrogen) atoms. The maximum Gasteiger partial charge on any atom is 0.273 e. The molecule has 1 aliphatic rings. The Morgan fingerprint density at radius 1 is 1.40 bits per heavy atom. The summed E-state index contributed by atoms with van der Waals surface area (Å²) in [5, 5.41) is 2.74. The summed E-state index contributed by atoms with van der Waals surface area (Å²) in [6.45, 7) is 3.68. The summed E-state index contributed by atoms with van der Waals surface area (Å²) in [6.07, 6.45) is -0.0476. The first-order valence-corrected chi connectivity index (χ1v) is 7.50. The van der Waals surface area contributed by atoms with Gasteiger partial charge in [0.2, 0.25) is 0 Å². The Morgan fingerprint density at radius 3 is 2.90 bits per heavy atom. The van der Waals surface area contributed by atoms with E-state index in [1.165, 1.54) is 11.3 Å². The number of amides is 1. The molecule has 1 aromatic carbocycles. The number of benzene rings is 1. The highest BCUT2D eigenvalue weighted by atomic mass is 32.1. The molecule has 1 atom stereocenters. The zero-order valence-electron chi connectivity index (χ0n) is 11.3. The van der Waals surface area contributed by atoms with E-state index in [-0.39, 0.29) is 12.0 Å². The second-order valence-corrected chi connectivity index (χ2v) is 5.84. The minimum atomic E-state index is -0.0476. The van der Waals surface area contributed by atoms with E-state index in [0.29, 0.717) is 25.4 Å². The average molecular weight is 288 g/mol.